The van der Waals surface area contributed by atoms with Gasteiger partial charge in [-0.2, -0.15) is 0 Å². The van der Waals surface area contributed by atoms with Crippen molar-refractivity contribution in [2.24, 2.45) is 0 Å². The molecule has 3 aromatic rings. The Labute approximate surface area is 183 Å². The highest BCUT2D eigenvalue weighted by Gasteiger charge is 2.17. The van der Waals surface area contributed by atoms with E-state index in [0.29, 0.717) is 29.2 Å². The number of carbonyl (C=O) groups excluding carboxylic acids is 1. The van der Waals surface area contributed by atoms with Crippen LogP contribution in [0.15, 0.2) is 53.7 Å². The molecule has 158 valence electrons. The summed E-state index contributed by atoms with van der Waals surface area (Å²) < 4.78 is 20.2. The van der Waals surface area contributed by atoms with Gasteiger partial charge in [0.15, 0.2) is 11.0 Å². The van der Waals surface area contributed by atoms with Gasteiger partial charge in [0, 0.05) is 17.7 Å². The van der Waals surface area contributed by atoms with Crippen molar-refractivity contribution in [2.45, 2.75) is 24.7 Å². The minimum Gasteiger partial charge on any atom is -0.383 e. The van der Waals surface area contributed by atoms with Crippen LogP contribution in [0.3, 0.4) is 0 Å². The Morgan fingerprint density at radius 3 is 2.57 bits per heavy atom. The summed E-state index contributed by atoms with van der Waals surface area (Å²) in [4.78, 5) is 12.4. The van der Waals surface area contributed by atoms with Crippen molar-refractivity contribution in [3.8, 4) is 11.4 Å². The fraction of sp³-hybridized carbons (Fsp3) is 0.286. The highest BCUT2D eigenvalue weighted by atomic mass is 35.5. The van der Waals surface area contributed by atoms with Crippen LogP contribution in [0, 0.1) is 5.82 Å². The van der Waals surface area contributed by atoms with Gasteiger partial charge in [0.05, 0.1) is 24.9 Å². The molecule has 0 aliphatic carbocycles. The predicted molar refractivity (Wildman–Crippen MR) is 116 cm³/mol. The Kier molecular flexibility index (Phi) is 7.84. The Morgan fingerprint density at radius 2 is 1.90 bits per heavy atom. The van der Waals surface area contributed by atoms with Gasteiger partial charge in [-0.3, -0.25) is 9.36 Å². The summed E-state index contributed by atoms with van der Waals surface area (Å²) in [6.07, 6.45) is 0. The summed E-state index contributed by atoms with van der Waals surface area (Å²) in [7, 11) is 1.63. The second kappa shape index (κ2) is 10.6. The Balaban J connectivity index is 1.67. The zero-order chi connectivity index (χ0) is 21.5. The van der Waals surface area contributed by atoms with Crippen LogP contribution in [0.25, 0.3) is 11.4 Å². The minimum absolute atomic E-state index is 0.147. The molecule has 0 saturated carbocycles. The van der Waals surface area contributed by atoms with E-state index in [0.717, 1.165) is 11.1 Å². The van der Waals surface area contributed by atoms with Crippen molar-refractivity contribution in [2.75, 3.05) is 19.5 Å². The SMILES string of the molecule is COCCn1c(SCC(=O)NC(C)c2ccc(F)cc2)nnc1-c1ccc(Cl)cc1. The zero-order valence-corrected chi connectivity index (χ0v) is 18.2. The molecule has 6 nitrogen and oxygen atoms in total. The number of hydrogen-bond donors (Lipinski definition) is 1. The predicted octanol–water partition coefficient (Wildman–Crippen LogP) is 4.35. The summed E-state index contributed by atoms with van der Waals surface area (Å²) in [6, 6.07) is 13.2. The van der Waals surface area contributed by atoms with Gasteiger partial charge in [0.25, 0.3) is 0 Å². The van der Waals surface area contributed by atoms with Gasteiger partial charge in [0.2, 0.25) is 5.91 Å². The highest BCUT2D eigenvalue weighted by molar-refractivity contribution is 7.99. The van der Waals surface area contributed by atoms with Crippen molar-refractivity contribution in [3.63, 3.8) is 0 Å². The minimum atomic E-state index is -0.306. The van der Waals surface area contributed by atoms with Crippen molar-refractivity contribution in [1.82, 2.24) is 20.1 Å². The molecule has 1 amide bonds. The Morgan fingerprint density at radius 1 is 1.20 bits per heavy atom. The normalized spacial score (nSPS) is 12.0. The van der Waals surface area contributed by atoms with Crippen LogP contribution in [-0.2, 0) is 16.1 Å². The molecule has 0 saturated heterocycles. The number of nitrogens with zero attached hydrogens (tertiary/aromatic N) is 3. The van der Waals surface area contributed by atoms with Crippen molar-refractivity contribution in [1.29, 1.82) is 0 Å². The van der Waals surface area contributed by atoms with Crippen LogP contribution in [-0.4, -0.2) is 40.1 Å². The van der Waals surface area contributed by atoms with E-state index in [1.807, 2.05) is 23.6 Å². The molecule has 0 aliphatic rings. The maximum Gasteiger partial charge on any atom is 0.230 e. The number of halogens is 2. The second-order valence-corrected chi connectivity index (χ2v) is 7.97. The standard InChI is InChI=1S/C21H22ClFN4O2S/c1-14(15-5-9-18(23)10-6-15)24-19(28)13-30-21-26-25-20(27(21)11-12-29-2)16-3-7-17(22)8-4-16/h3-10,14H,11-13H2,1-2H3,(H,24,28). The third-order valence-electron chi connectivity index (χ3n) is 4.42. The molecular formula is C21H22ClFN4O2S. The third kappa shape index (κ3) is 5.81. The lowest BCUT2D eigenvalue weighted by atomic mass is 10.1. The lowest BCUT2D eigenvalue weighted by Gasteiger charge is -2.14. The first kappa shape index (κ1) is 22.3. The van der Waals surface area contributed by atoms with E-state index in [9.17, 15) is 9.18 Å². The fourth-order valence-electron chi connectivity index (χ4n) is 2.84. The highest BCUT2D eigenvalue weighted by Crippen LogP contribution is 2.25. The molecule has 1 atom stereocenters. The number of ether oxygens (including phenoxy) is 1. The summed E-state index contributed by atoms with van der Waals surface area (Å²) >= 11 is 7.28. The monoisotopic (exact) mass is 448 g/mol. The number of rotatable bonds is 9. The number of methoxy groups -OCH3 is 1. The van der Waals surface area contributed by atoms with Crippen LogP contribution >= 0.6 is 23.4 Å². The first-order chi connectivity index (χ1) is 14.5. The van der Waals surface area contributed by atoms with Gasteiger partial charge in [-0.05, 0) is 48.9 Å². The fourth-order valence-corrected chi connectivity index (χ4v) is 3.74. The van der Waals surface area contributed by atoms with E-state index in [4.69, 9.17) is 16.3 Å². The molecule has 3 rings (SSSR count). The molecule has 30 heavy (non-hydrogen) atoms. The zero-order valence-electron chi connectivity index (χ0n) is 16.6. The summed E-state index contributed by atoms with van der Waals surface area (Å²) in [5.41, 5.74) is 1.72. The number of amides is 1. The number of carbonyl (C=O) groups is 1. The lowest BCUT2D eigenvalue weighted by Crippen LogP contribution is -2.28. The Bertz CT molecular complexity index is 980. The molecule has 2 aromatic carbocycles. The maximum atomic E-state index is 13.1. The van der Waals surface area contributed by atoms with Gasteiger partial charge in [-0.1, -0.05) is 35.5 Å². The summed E-state index contributed by atoms with van der Waals surface area (Å²) in [5.74, 6) is 0.411. The van der Waals surface area contributed by atoms with Crippen molar-refractivity contribution >= 4 is 29.3 Å². The second-order valence-electron chi connectivity index (χ2n) is 6.59. The lowest BCUT2D eigenvalue weighted by molar-refractivity contribution is -0.119. The van der Waals surface area contributed by atoms with E-state index >= 15 is 0 Å². The molecule has 0 spiro atoms. The average molecular weight is 449 g/mol. The van der Waals surface area contributed by atoms with Crippen LogP contribution in [0.2, 0.25) is 5.02 Å². The van der Waals surface area contributed by atoms with Gasteiger partial charge in [0.1, 0.15) is 5.82 Å². The van der Waals surface area contributed by atoms with Crippen LogP contribution in [0.5, 0.6) is 0 Å². The van der Waals surface area contributed by atoms with Gasteiger partial charge in [-0.25, -0.2) is 4.39 Å². The molecule has 1 aromatic heterocycles. The number of aromatic nitrogens is 3. The van der Waals surface area contributed by atoms with Crippen molar-refractivity contribution in [3.05, 3.63) is 64.9 Å². The van der Waals surface area contributed by atoms with Gasteiger partial charge >= 0.3 is 0 Å². The average Bonchev–Trinajstić information content (AvgIpc) is 3.14. The van der Waals surface area contributed by atoms with Crippen molar-refractivity contribution < 1.29 is 13.9 Å². The molecular weight excluding hydrogens is 427 g/mol. The first-order valence-corrected chi connectivity index (χ1v) is 10.7. The quantitative estimate of drug-likeness (QED) is 0.493. The Hall–Kier alpha value is -2.42. The summed E-state index contributed by atoms with van der Waals surface area (Å²) in [5, 5.41) is 12.7. The molecule has 1 unspecified atom stereocenters. The largest absolute Gasteiger partial charge is 0.383 e. The van der Waals surface area contributed by atoms with Crippen LogP contribution in [0.4, 0.5) is 4.39 Å². The van der Waals surface area contributed by atoms with E-state index in [-0.39, 0.29) is 23.5 Å². The molecule has 1 N–H and O–H groups in total. The van der Waals surface area contributed by atoms with Crippen LogP contribution < -0.4 is 5.32 Å². The third-order valence-corrected chi connectivity index (χ3v) is 5.64. The summed E-state index contributed by atoms with van der Waals surface area (Å²) in [6.45, 7) is 2.90. The molecule has 0 radical (unpaired) electrons. The van der Waals surface area contributed by atoms with E-state index < -0.39 is 0 Å². The molecule has 0 fully saturated rings. The number of thioether (sulfide) groups is 1. The van der Waals surface area contributed by atoms with Gasteiger partial charge in [-0.15, -0.1) is 10.2 Å². The van der Waals surface area contributed by atoms with E-state index in [2.05, 4.69) is 15.5 Å². The maximum absolute atomic E-state index is 13.1. The number of hydrogen-bond acceptors (Lipinski definition) is 5. The topological polar surface area (TPSA) is 69.0 Å². The van der Waals surface area contributed by atoms with E-state index in [1.165, 1.54) is 23.9 Å². The first-order valence-electron chi connectivity index (χ1n) is 9.33. The molecule has 0 bridgehead atoms. The number of nitrogens with one attached hydrogen (secondary N) is 1. The molecule has 1 heterocycles. The van der Waals surface area contributed by atoms with E-state index in [1.54, 1.807) is 31.4 Å². The van der Waals surface area contributed by atoms with Crippen LogP contribution in [0.1, 0.15) is 18.5 Å². The molecule has 9 heteroatoms. The smallest absolute Gasteiger partial charge is 0.230 e. The number of benzene rings is 2. The molecule has 0 aliphatic heterocycles. The van der Waals surface area contributed by atoms with Gasteiger partial charge < -0.3 is 10.1 Å².